The van der Waals surface area contributed by atoms with E-state index < -0.39 is 20.0 Å². The first-order valence-electron chi connectivity index (χ1n) is 14.6. The van der Waals surface area contributed by atoms with Crippen LogP contribution in [0.2, 0.25) is 9.36 Å². The Morgan fingerprint density at radius 1 is 0.600 bits per heavy atom. The predicted octanol–water partition coefficient (Wildman–Crippen LogP) is 10.7. The van der Waals surface area contributed by atoms with Gasteiger partial charge in [-0.1, -0.05) is 0 Å². The van der Waals surface area contributed by atoms with E-state index in [-0.39, 0.29) is 17.0 Å². The van der Waals surface area contributed by atoms with Crippen molar-refractivity contribution in [1.82, 2.24) is 0 Å². The molecule has 2 unspecified atom stereocenters. The minimum atomic E-state index is -3.13. The summed E-state index contributed by atoms with van der Waals surface area (Å²) in [5.74, 6) is -0.380. The first-order valence-corrected chi connectivity index (χ1v) is 25.9. The molecular weight excluding hydrogens is 661 g/mol. The van der Waals surface area contributed by atoms with Gasteiger partial charge in [-0.2, -0.15) is 0 Å². The fourth-order valence-electron chi connectivity index (χ4n) is 8.89. The summed E-state index contributed by atoms with van der Waals surface area (Å²) in [5.41, 5.74) is 13.9. The maximum atomic E-state index is 13.8. The summed E-state index contributed by atoms with van der Waals surface area (Å²) < 4.78 is 34.1. The number of halogens is 2. The third kappa shape index (κ3) is 3.36. The molecule has 198 valence electrons. The SMILES string of the molecule is [CH3][Hf]1([CH3])[CH]2C(=Cc3c(-c4ccc(F)cc4)cccc32)C2(CCCC2)C2=Cc3c(-c4ccc(F)cc4)cccc3[CH]21. The number of benzene rings is 4. The van der Waals surface area contributed by atoms with Gasteiger partial charge in [-0.25, -0.2) is 0 Å². The van der Waals surface area contributed by atoms with Gasteiger partial charge in [0.05, 0.1) is 0 Å². The normalized spacial score (nSPS) is 22.8. The molecule has 0 bridgehead atoms. The van der Waals surface area contributed by atoms with E-state index in [0.29, 0.717) is 7.35 Å². The van der Waals surface area contributed by atoms with Crippen molar-refractivity contribution in [2.75, 3.05) is 0 Å². The summed E-state index contributed by atoms with van der Waals surface area (Å²) in [6.45, 7) is 0. The van der Waals surface area contributed by atoms with E-state index in [9.17, 15) is 8.78 Å². The Balaban J connectivity index is 1.35. The number of hydrogen-bond donors (Lipinski definition) is 0. The van der Waals surface area contributed by atoms with Crippen molar-refractivity contribution in [3.05, 3.63) is 130 Å². The second-order valence-corrected chi connectivity index (χ2v) is 30.0. The second-order valence-electron chi connectivity index (χ2n) is 12.8. The molecule has 40 heavy (non-hydrogen) atoms. The van der Waals surface area contributed by atoms with Crippen LogP contribution in [0.15, 0.2) is 96.1 Å². The monoisotopic (exact) mass is 694 g/mol. The van der Waals surface area contributed by atoms with Crippen LogP contribution in [0, 0.1) is 17.0 Å². The molecule has 0 aromatic heterocycles. The Morgan fingerprint density at radius 3 is 1.45 bits per heavy atom. The van der Waals surface area contributed by atoms with Gasteiger partial charge >= 0.3 is 241 Å². The van der Waals surface area contributed by atoms with E-state index in [1.54, 1.807) is 35.4 Å². The molecule has 0 radical (unpaired) electrons. The topological polar surface area (TPSA) is 0 Å². The molecule has 2 fully saturated rings. The molecule has 4 aromatic rings. The Bertz CT molecular complexity index is 1610. The summed E-state index contributed by atoms with van der Waals surface area (Å²) in [4.78, 5) is 0. The predicted molar refractivity (Wildman–Crippen MR) is 158 cm³/mol. The third-order valence-electron chi connectivity index (χ3n) is 10.5. The molecule has 3 aliphatic carbocycles. The molecule has 3 heteroatoms. The zero-order valence-electron chi connectivity index (χ0n) is 23.0. The van der Waals surface area contributed by atoms with Gasteiger partial charge in [-0.3, -0.25) is 0 Å². The zero-order valence-corrected chi connectivity index (χ0v) is 26.6. The van der Waals surface area contributed by atoms with E-state index in [2.05, 4.69) is 57.9 Å². The first kappa shape index (κ1) is 24.9. The standard InChI is InChI=1S/C35H26F2.2CH3.Hf/c36-29-13-9-23(10-14-29)31-7-3-5-25-19-27(21-33(25)31)35(17-1-2-18-35)28-20-26-6-4-8-32(34(26)22-28)24-11-15-30(37)16-12-24;;;/h3-16,19-22H,1-2,17-18H2;2*1H3;. The molecule has 1 saturated carbocycles. The van der Waals surface area contributed by atoms with Crippen molar-refractivity contribution in [2.45, 2.75) is 42.4 Å². The average Bonchev–Trinajstić information content (AvgIpc) is 3.69. The van der Waals surface area contributed by atoms with Gasteiger partial charge < -0.3 is 0 Å². The van der Waals surface area contributed by atoms with E-state index in [0.717, 1.165) is 11.1 Å². The van der Waals surface area contributed by atoms with Crippen molar-refractivity contribution in [3.63, 3.8) is 0 Å². The summed E-state index contributed by atoms with van der Waals surface area (Å²) in [5, 5.41) is 0. The maximum absolute atomic E-state index is 13.8. The number of allylic oxidation sites excluding steroid dienone is 2. The van der Waals surface area contributed by atoms with Gasteiger partial charge in [-0.05, 0) is 0 Å². The molecule has 2 atom stereocenters. The van der Waals surface area contributed by atoms with Gasteiger partial charge in [-0.15, -0.1) is 0 Å². The van der Waals surface area contributed by atoms with Crippen LogP contribution >= 0.6 is 0 Å². The van der Waals surface area contributed by atoms with Crippen LogP contribution in [0.4, 0.5) is 8.78 Å². The van der Waals surface area contributed by atoms with Crippen molar-refractivity contribution in [3.8, 4) is 22.3 Å². The Morgan fingerprint density at radius 2 is 1.02 bits per heavy atom. The first-order chi connectivity index (χ1) is 19.4. The zero-order chi connectivity index (χ0) is 27.2. The number of hydrogen-bond acceptors (Lipinski definition) is 0. The fourth-order valence-corrected chi connectivity index (χ4v) is 26.0. The quantitative estimate of drug-likeness (QED) is 0.184. The third-order valence-corrected chi connectivity index (χ3v) is 25.6. The molecule has 1 aliphatic heterocycles. The molecule has 0 N–H and O–H groups in total. The molecule has 8 rings (SSSR count). The van der Waals surface area contributed by atoms with Crippen molar-refractivity contribution in [1.29, 1.82) is 0 Å². The minimum absolute atomic E-state index is 0.114. The number of fused-ring (bicyclic) bond motifs is 8. The van der Waals surface area contributed by atoms with Gasteiger partial charge in [0.15, 0.2) is 0 Å². The van der Waals surface area contributed by atoms with E-state index in [1.807, 2.05) is 24.3 Å². The van der Waals surface area contributed by atoms with Gasteiger partial charge in [0.2, 0.25) is 0 Å². The Hall–Kier alpha value is -2.91. The molecule has 1 heterocycles. The van der Waals surface area contributed by atoms with Gasteiger partial charge in [0.1, 0.15) is 0 Å². The molecule has 0 amide bonds. The van der Waals surface area contributed by atoms with E-state index in [1.165, 1.54) is 59.1 Å². The Labute approximate surface area is 239 Å². The molecule has 4 aliphatic rings. The number of rotatable bonds is 2. The van der Waals surface area contributed by atoms with Gasteiger partial charge in [0.25, 0.3) is 0 Å². The van der Waals surface area contributed by atoms with Crippen LogP contribution in [-0.4, -0.2) is 0 Å². The van der Waals surface area contributed by atoms with Crippen LogP contribution in [0.25, 0.3) is 34.4 Å². The van der Waals surface area contributed by atoms with E-state index in [4.69, 9.17) is 0 Å². The molecule has 4 aromatic carbocycles. The molecule has 1 saturated heterocycles. The van der Waals surface area contributed by atoms with Crippen molar-refractivity contribution in [2.24, 2.45) is 5.41 Å². The van der Waals surface area contributed by atoms with E-state index >= 15 is 0 Å². The Kier molecular flexibility index (Phi) is 5.46. The van der Waals surface area contributed by atoms with Crippen LogP contribution in [0.1, 0.15) is 55.3 Å². The van der Waals surface area contributed by atoms with Crippen molar-refractivity contribution >= 4 is 12.2 Å². The summed E-state index contributed by atoms with van der Waals surface area (Å²) in [6.07, 6.45) is 10.1. The fraction of sp³-hybridized carbons (Fsp3) is 0.243. The second kappa shape index (κ2) is 8.79. The molecule has 1 spiro atoms. The van der Waals surface area contributed by atoms with Crippen LogP contribution in [-0.2, 0) is 20.0 Å². The van der Waals surface area contributed by atoms with Crippen molar-refractivity contribution < 1.29 is 28.7 Å². The molecular formula is C37H32F2Hf. The van der Waals surface area contributed by atoms with Crippen LogP contribution in [0.5, 0.6) is 0 Å². The van der Waals surface area contributed by atoms with Gasteiger partial charge in [0, 0.05) is 0 Å². The van der Waals surface area contributed by atoms with Crippen LogP contribution < -0.4 is 0 Å². The molecule has 0 nitrogen and oxygen atoms in total. The summed E-state index contributed by atoms with van der Waals surface area (Å²) in [7, 11) is 0. The summed E-state index contributed by atoms with van der Waals surface area (Å²) in [6, 6.07) is 27.7. The summed E-state index contributed by atoms with van der Waals surface area (Å²) >= 11 is -3.13. The average molecular weight is 693 g/mol. The van der Waals surface area contributed by atoms with Crippen LogP contribution in [0.3, 0.4) is 0 Å².